The summed E-state index contributed by atoms with van der Waals surface area (Å²) in [7, 11) is 0. The molecule has 0 aromatic carbocycles. The Labute approximate surface area is 111 Å². The average Bonchev–Trinajstić information content (AvgIpc) is 2.82. The number of nitrogens with one attached hydrogen (secondary N) is 1. The molecule has 2 heterocycles. The lowest BCUT2D eigenvalue weighted by Crippen LogP contribution is -2.35. The third-order valence-electron chi connectivity index (χ3n) is 2.99. The topological polar surface area (TPSA) is 38.3 Å². The van der Waals surface area contributed by atoms with Crippen molar-refractivity contribution in [3.8, 4) is 0 Å². The van der Waals surface area contributed by atoms with Crippen molar-refractivity contribution in [1.29, 1.82) is 0 Å². The van der Waals surface area contributed by atoms with E-state index in [1.807, 2.05) is 6.92 Å². The summed E-state index contributed by atoms with van der Waals surface area (Å²) in [6.45, 7) is 3.24. The lowest BCUT2D eigenvalue weighted by Gasteiger charge is -2.27. The van der Waals surface area contributed by atoms with Crippen LogP contribution in [-0.4, -0.2) is 24.8 Å². The summed E-state index contributed by atoms with van der Waals surface area (Å²) in [5.74, 6) is 0.555. The molecule has 1 aliphatic heterocycles. The van der Waals surface area contributed by atoms with Crippen molar-refractivity contribution in [3.63, 3.8) is 0 Å². The van der Waals surface area contributed by atoms with E-state index in [4.69, 9.17) is 4.74 Å². The smallest absolute Gasteiger partial charge is 0.225 e. The first kappa shape index (κ1) is 12.9. The Morgan fingerprint density at radius 1 is 1.76 bits per heavy atom. The largest absolute Gasteiger partial charge is 0.372 e. The number of thiol groups is 1. The summed E-state index contributed by atoms with van der Waals surface area (Å²) in [6.07, 6.45) is 0.874. The molecule has 94 valence electrons. The van der Waals surface area contributed by atoms with E-state index in [-0.39, 0.29) is 17.9 Å². The van der Waals surface area contributed by atoms with Gasteiger partial charge in [0.25, 0.3) is 0 Å². The standard InChI is InChI=1S/C12H17NO2S2/c1-8(12(14)13-4-6-16)11-9-3-7-17-10(9)2-5-15-11/h3,7-8,11,16H,2,4-6H2,1H3,(H,13,14). The van der Waals surface area contributed by atoms with Gasteiger partial charge in [-0.25, -0.2) is 0 Å². The normalized spacial score (nSPS) is 20.7. The molecule has 0 spiro atoms. The Morgan fingerprint density at radius 3 is 3.35 bits per heavy atom. The summed E-state index contributed by atoms with van der Waals surface area (Å²) in [5, 5.41) is 4.93. The number of ether oxygens (including phenoxy) is 1. The maximum Gasteiger partial charge on any atom is 0.225 e. The second kappa shape index (κ2) is 5.89. The molecular formula is C12H17NO2S2. The third-order valence-corrected chi connectivity index (χ3v) is 4.21. The Hall–Kier alpha value is -0.520. The first-order valence-corrected chi connectivity index (χ1v) is 7.31. The van der Waals surface area contributed by atoms with Crippen LogP contribution < -0.4 is 5.32 Å². The first-order chi connectivity index (χ1) is 8.24. The molecule has 0 bridgehead atoms. The van der Waals surface area contributed by atoms with Crippen LogP contribution in [-0.2, 0) is 16.0 Å². The highest BCUT2D eigenvalue weighted by Crippen LogP contribution is 2.35. The number of carbonyl (C=O) groups is 1. The van der Waals surface area contributed by atoms with E-state index < -0.39 is 0 Å². The van der Waals surface area contributed by atoms with Gasteiger partial charge in [-0.05, 0) is 17.0 Å². The molecule has 1 aliphatic rings. The fourth-order valence-electron chi connectivity index (χ4n) is 2.07. The summed E-state index contributed by atoms with van der Waals surface area (Å²) in [4.78, 5) is 13.3. The lowest BCUT2D eigenvalue weighted by atomic mass is 9.94. The molecule has 5 heteroatoms. The summed E-state index contributed by atoms with van der Waals surface area (Å²) >= 11 is 5.83. The van der Waals surface area contributed by atoms with Gasteiger partial charge in [0, 0.05) is 23.6 Å². The van der Waals surface area contributed by atoms with E-state index in [0.29, 0.717) is 18.9 Å². The van der Waals surface area contributed by atoms with E-state index in [1.54, 1.807) is 11.3 Å². The quantitative estimate of drug-likeness (QED) is 0.823. The van der Waals surface area contributed by atoms with Gasteiger partial charge in [0.15, 0.2) is 0 Å². The Bertz CT molecular complexity index is 392. The van der Waals surface area contributed by atoms with E-state index >= 15 is 0 Å². The molecule has 0 saturated carbocycles. The molecule has 1 amide bonds. The zero-order valence-electron chi connectivity index (χ0n) is 9.81. The highest BCUT2D eigenvalue weighted by Gasteiger charge is 2.30. The van der Waals surface area contributed by atoms with E-state index in [2.05, 4.69) is 29.4 Å². The molecule has 1 aromatic heterocycles. The molecule has 2 atom stereocenters. The van der Waals surface area contributed by atoms with E-state index in [0.717, 1.165) is 6.42 Å². The molecule has 0 fully saturated rings. The lowest BCUT2D eigenvalue weighted by molar-refractivity contribution is -0.130. The van der Waals surface area contributed by atoms with Gasteiger partial charge in [-0.3, -0.25) is 4.79 Å². The van der Waals surface area contributed by atoms with Gasteiger partial charge in [0.1, 0.15) is 0 Å². The average molecular weight is 271 g/mol. The van der Waals surface area contributed by atoms with Crippen molar-refractivity contribution >= 4 is 29.9 Å². The predicted molar refractivity (Wildman–Crippen MR) is 72.7 cm³/mol. The van der Waals surface area contributed by atoms with Crippen molar-refractivity contribution in [3.05, 3.63) is 21.9 Å². The number of rotatable bonds is 4. The van der Waals surface area contributed by atoms with Crippen LogP contribution in [0.3, 0.4) is 0 Å². The minimum Gasteiger partial charge on any atom is -0.372 e. The maximum absolute atomic E-state index is 11.9. The molecule has 17 heavy (non-hydrogen) atoms. The highest BCUT2D eigenvalue weighted by molar-refractivity contribution is 7.80. The van der Waals surface area contributed by atoms with Gasteiger partial charge in [-0.15, -0.1) is 11.3 Å². The summed E-state index contributed by atoms with van der Waals surface area (Å²) in [6, 6.07) is 2.08. The zero-order valence-corrected chi connectivity index (χ0v) is 11.5. The molecule has 2 rings (SSSR count). The molecule has 2 unspecified atom stereocenters. The molecule has 1 N–H and O–H groups in total. The summed E-state index contributed by atoms with van der Waals surface area (Å²) < 4.78 is 5.75. The number of carbonyl (C=O) groups excluding carboxylic acids is 1. The molecule has 1 aromatic rings. The number of hydrogen-bond donors (Lipinski definition) is 2. The van der Waals surface area contributed by atoms with Crippen molar-refractivity contribution in [1.82, 2.24) is 5.32 Å². The second-order valence-corrected chi connectivity index (χ2v) is 5.59. The molecular weight excluding hydrogens is 254 g/mol. The Morgan fingerprint density at radius 2 is 2.59 bits per heavy atom. The number of amides is 1. The second-order valence-electron chi connectivity index (χ2n) is 4.14. The fourth-order valence-corrected chi connectivity index (χ4v) is 3.08. The summed E-state index contributed by atoms with van der Waals surface area (Å²) in [5.41, 5.74) is 1.19. The van der Waals surface area contributed by atoms with E-state index in [9.17, 15) is 4.79 Å². The van der Waals surface area contributed by atoms with Gasteiger partial charge in [0.05, 0.1) is 18.6 Å². The SMILES string of the molecule is CC(C(=O)NCCS)C1OCCc2sccc21. The van der Waals surface area contributed by atoms with Crippen molar-refractivity contribution in [2.24, 2.45) is 5.92 Å². The van der Waals surface area contributed by atoms with Gasteiger partial charge >= 0.3 is 0 Å². The van der Waals surface area contributed by atoms with Crippen molar-refractivity contribution < 1.29 is 9.53 Å². The van der Waals surface area contributed by atoms with Crippen LogP contribution in [0.15, 0.2) is 11.4 Å². The molecule has 0 saturated heterocycles. The van der Waals surface area contributed by atoms with Crippen LogP contribution in [0.4, 0.5) is 0 Å². The van der Waals surface area contributed by atoms with Crippen LogP contribution in [0.5, 0.6) is 0 Å². The first-order valence-electron chi connectivity index (χ1n) is 5.80. The third kappa shape index (κ3) is 2.84. The van der Waals surface area contributed by atoms with Gasteiger partial charge in [0.2, 0.25) is 5.91 Å². The number of hydrogen-bond acceptors (Lipinski definition) is 4. The minimum absolute atomic E-state index is 0.0445. The van der Waals surface area contributed by atoms with Gasteiger partial charge in [-0.1, -0.05) is 6.92 Å². The van der Waals surface area contributed by atoms with Crippen LogP contribution >= 0.6 is 24.0 Å². The Kier molecular flexibility index (Phi) is 4.48. The predicted octanol–water partition coefficient (Wildman–Crippen LogP) is 2.04. The fraction of sp³-hybridized carbons (Fsp3) is 0.583. The molecule has 3 nitrogen and oxygen atoms in total. The molecule has 0 aliphatic carbocycles. The van der Waals surface area contributed by atoms with Gasteiger partial charge in [-0.2, -0.15) is 12.6 Å². The maximum atomic E-state index is 11.9. The number of thiophene rings is 1. The van der Waals surface area contributed by atoms with E-state index in [1.165, 1.54) is 10.4 Å². The van der Waals surface area contributed by atoms with Crippen molar-refractivity contribution in [2.75, 3.05) is 18.9 Å². The number of fused-ring (bicyclic) bond motifs is 1. The van der Waals surface area contributed by atoms with Crippen LogP contribution in [0.2, 0.25) is 0 Å². The van der Waals surface area contributed by atoms with Gasteiger partial charge < -0.3 is 10.1 Å². The highest BCUT2D eigenvalue weighted by atomic mass is 32.1. The zero-order chi connectivity index (χ0) is 12.3. The van der Waals surface area contributed by atoms with Crippen LogP contribution in [0.25, 0.3) is 0 Å². The monoisotopic (exact) mass is 271 g/mol. The van der Waals surface area contributed by atoms with Crippen molar-refractivity contribution in [2.45, 2.75) is 19.4 Å². The molecule has 0 radical (unpaired) electrons. The Balaban J connectivity index is 2.06. The minimum atomic E-state index is -0.150. The van der Waals surface area contributed by atoms with Crippen LogP contribution in [0, 0.1) is 5.92 Å². The van der Waals surface area contributed by atoms with Crippen LogP contribution in [0.1, 0.15) is 23.5 Å².